The minimum atomic E-state index is 0.201. The van der Waals surface area contributed by atoms with Crippen molar-refractivity contribution in [2.45, 2.75) is 44.9 Å². The van der Waals surface area contributed by atoms with Crippen molar-refractivity contribution >= 4 is 0 Å². The fourth-order valence-electron chi connectivity index (χ4n) is 2.37. The largest absolute Gasteiger partial charge is 0.504 e. The average molecular weight is 235 g/mol. The predicted molar refractivity (Wildman–Crippen MR) is 66.8 cm³/mol. The standard InChI is InChI=1S/C13H21N3O/c1-9(7-14)6-11-12(17)8-15-13(16-11)10-4-2-3-5-10/h8-10,17H,2-7,14H2,1H3. The number of nitrogens with two attached hydrogens (primary N) is 1. The molecule has 0 bridgehead atoms. The molecule has 1 aromatic heterocycles. The van der Waals surface area contributed by atoms with Gasteiger partial charge in [0.1, 0.15) is 5.82 Å². The first kappa shape index (κ1) is 12.3. The van der Waals surface area contributed by atoms with Gasteiger partial charge in [-0.25, -0.2) is 9.97 Å². The zero-order valence-corrected chi connectivity index (χ0v) is 10.4. The van der Waals surface area contributed by atoms with Crippen molar-refractivity contribution in [1.29, 1.82) is 0 Å². The van der Waals surface area contributed by atoms with E-state index in [0.29, 0.717) is 18.4 Å². The number of aromatic nitrogens is 2. The third-order valence-corrected chi connectivity index (χ3v) is 3.53. The molecule has 0 aliphatic heterocycles. The molecule has 0 radical (unpaired) electrons. The second-order valence-corrected chi connectivity index (χ2v) is 5.09. The van der Waals surface area contributed by atoms with Crippen molar-refractivity contribution < 1.29 is 5.11 Å². The monoisotopic (exact) mass is 235 g/mol. The van der Waals surface area contributed by atoms with Crippen LogP contribution >= 0.6 is 0 Å². The van der Waals surface area contributed by atoms with E-state index >= 15 is 0 Å². The Labute approximate surface area is 102 Å². The van der Waals surface area contributed by atoms with Crippen LogP contribution in [0.2, 0.25) is 0 Å². The third-order valence-electron chi connectivity index (χ3n) is 3.53. The van der Waals surface area contributed by atoms with Gasteiger partial charge in [0.2, 0.25) is 0 Å². The molecule has 94 valence electrons. The van der Waals surface area contributed by atoms with Crippen LogP contribution in [-0.2, 0) is 6.42 Å². The maximum atomic E-state index is 9.76. The Balaban J connectivity index is 2.16. The highest BCUT2D eigenvalue weighted by Gasteiger charge is 2.21. The summed E-state index contributed by atoms with van der Waals surface area (Å²) in [5.41, 5.74) is 6.35. The summed E-state index contributed by atoms with van der Waals surface area (Å²) in [7, 11) is 0. The molecular formula is C13H21N3O. The Kier molecular flexibility index (Phi) is 3.94. The topological polar surface area (TPSA) is 72.0 Å². The Hall–Kier alpha value is -1.16. The first-order chi connectivity index (χ1) is 8.20. The Bertz CT molecular complexity index is 375. The first-order valence-corrected chi connectivity index (χ1v) is 6.45. The molecule has 0 amide bonds. The summed E-state index contributed by atoms with van der Waals surface area (Å²) in [5, 5.41) is 9.76. The van der Waals surface area contributed by atoms with Crippen LogP contribution in [-0.4, -0.2) is 21.6 Å². The fourth-order valence-corrected chi connectivity index (χ4v) is 2.37. The van der Waals surface area contributed by atoms with Gasteiger partial charge >= 0.3 is 0 Å². The molecule has 17 heavy (non-hydrogen) atoms. The van der Waals surface area contributed by atoms with Crippen LogP contribution < -0.4 is 5.73 Å². The first-order valence-electron chi connectivity index (χ1n) is 6.45. The number of nitrogens with zero attached hydrogens (tertiary/aromatic N) is 2. The molecule has 0 aromatic carbocycles. The van der Waals surface area contributed by atoms with Gasteiger partial charge in [-0.1, -0.05) is 19.8 Å². The van der Waals surface area contributed by atoms with Gasteiger partial charge in [-0.2, -0.15) is 0 Å². The molecule has 0 spiro atoms. The lowest BCUT2D eigenvalue weighted by Crippen LogP contribution is -2.15. The molecule has 1 aliphatic carbocycles. The van der Waals surface area contributed by atoms with Crippen molar-refractivity contribution in [1.82, 2.24) is 9.97 Å². The average Bonchev–Trinajstić information content (AvgIpc) is 2.85. The second kappa shape index (κ2) is 5.45. The van der Waals surface area contributed by atoms with Gasteiger partial charge in [0.15, 0.2) is 5.75 Å². The summed E-state index contributed by atoms with van der Waals surface area (Å²) in [6.07, 6.45) is 7.16. The van der Waals surface area contributed by atoms with E-state index in [1.165, 1.54) is 25.7 Å². The molecule has 1 aromatic rings. The highest BCUT2D eigenvalue weighted by molar-refractivity contribution is 5.24. The number of hydrogen-bond acceptors (Lipinski definition) is 4. The van der Waals surface area contributed by atoms with E-state index in [2.05, 4.69) is 16.9 Å². The molecule has 1 heterocycles. The highest BCUT2D eigenvalue weighted by Crippen LogP contribution is 2.32. The Morgan fingerprint density at radius 3 is 2.82 bits per heavy atom. The fraction of sp³-hybridized carbons (Fsp3) is 0.692. The maximum absolute atomic E-state index is 9.76. The highest BCUT2D eigenvalue weighted by atomic mass is 16.3. The van der Waals surface area contributed by atoms with Gasteiger partial charge in [-0.3, -0.25) is 0 Å². The van der Waals surface area contributed by atoms with Crippen molar-refractivity contribution in [3.63, 3.8) is 0 Å². The molecule has 2 rings (SSSR count). The molecule has 4 heteroatoms. The lowest BCUT2D eigenvalue weighted by molar-refractivity contribution is 0.447. The van der Waals surface area contributed by atoms with Crippen LogP contribution in [0, 0.1) is 5.92 Å². The van der Waals surface area contributed by atoms with Gasteiger partial charge in [0.25, 0.3) is 0 Å². The van der Waals surface area contributed by atoms with E-state index in [1.54, 1.807) is 6.20 Å². The van der Waals surface area contributed by atoms with Crippen LogP contribution in [0.25, 0.3) is 0 Å². The lowest BCUT2D eigenvalue weighted by atomic mass is 10.0. The number of aromatic hydroxyl groups is 1. The van der Waals surface area contributed by atoms with Crippen molar-refractivity contribution in [3.05, 3.63) is 17.7 Å². The molecule has 1 unspecified atom stereocenters. The summed E-state index contributed by atoms with van der Waals surface area (Å²) in [4.78, 5) is 8.79. The molecule has 1 fully saturated rings. The van der Waals surface area contributed by atoms with E-state index in [1.807, 2.05) is 0 Å². The van der Waals surface area contributed by atoms with E-state index in [0.717, 1.165) is 17.9 Å². The van der Waals surface area contributed by atoms with E-state index in [9.17, 15) is 5.11 Å². The minimum Gasteiger partial charge on any atom is -0.504 e. The van der Waals surface area contributed by atoms with Crippen LogP contribution in [0.1, 0.15) is 50.0 Å². The molecular weight excluding hydrogens is 214 g/mol. The molecule has 1 saturated carbocycles. The smallest absolute Gasteiger partial charge is 0.155 e. The predicted octanol–water partition coefficient (Wildman–Crippen LogP) is 1.98. The maximum Gasteiger partial charge on any atom is 0.155 e. The van der Waals surface area contributed by atoms with Gasteiger partial charge < -0.3 is 10.8 Å². The van der Waals surface area contributed by atoms with Gasteiger partial charge in [-0.05, 0) is 31.7 Å². The molecule has 0 saturated heterocycles. The van der Waals surface area contributed by atoms with Crippen molar-refractivity contribution in [2.24, 2.45) is 11.7 Å². The summed E-state index contributed by atoms with van der Waals surface area (Å²) in [6.45, 7) is 2.68. The zero-order chi connectivity index (χ0) is 12.3. The minimum absolute atomic E-state index is 0.201. The third kappa shape index (κ3) is 2.94. The van der Waals surface area contributed by atoms with Gasteiger partial charge in [0.05, 0.1) is 11.9 Å². The van der Waals surface area contributed by atoms with Crippen LogP contribution in [0.3, 0.4) is 0 Å². The number of rotatable bonds is 4. The zero-order valence-electron chi connectivity index (χ0n) is 10.4. The quantitative estimate of drug-likeness (QED) is 0.837. The van der Waals surface area contributed by atoms with Crippen molar-refractivity contribution in [3.8, 4) is 5.75 Å². The lowest BCUT2D eigenvalue weighted by Gasteiger charge is -2.12. The summed E-state index contributed by atoms with van der Waals surface area (Å²) in [5.74, 6) is 1.93. The van der Waals surface area contributed by atoms with Crippen LogP contribution in [0.5, 0.6) is 5.75 Å². The van der Waals surface area contributed by atoms with Gasteiger partial charge in [0, 0.05) is 5.92 Å². The summed E-state index contributed by atoms with van der Waals surface area (Å²) < 4.78 is 0. The molecule has 3 N–H and O–H groups in total. The van der Waals surface area contributed by atoms with E-state index in [4.69, 9.17) is 5.73 Å². The van der Waals surface area contributed by atoms with Gasteiger partial charge in [-0.15, -0.1) is 0 Å². The van der Waals surface area contributed by atoms with Crippen molar-refractivity contribution in [2.75, 3.05) is 6.54 Å². The normalized spacial score (nSPS) is 18.5. The van der Waals surface area contributed by atoms with E-state index in [-0.39, 0.29) is 5.75 Å². The SMILES string of the molecule is CC(CN)Cc1nc(C2CCCC2)ncc1O. The molecule has 4 nitrogen and oxygen atoms in total. The van der Waals surface area contributed by atoms with E-state index < -0.39 is 0 Å². The molecule has 1 aliphatic rings. The molecule has 1 atom stereocenters. The summed E-state index contributed by atoms with van der Waals surface area (Å²) >= 11 is 0. The van der Waals surface area contributed by atoms with Crippen LogP contribution in [0.4, 0.5) is 0 Å². The Morgan fingerprint density at radius 2 is 2.18 bits per heavy atom. The summed E-state index contributed by atoms with van der Waals surface area (Å²) in [6, 6.07) is 0. The second-order valence-electron chi connectivity index (χ2n) is 5.09. The van der Waals surface area contributed by atoms with Crippen LogP contribution in [0.15, 0.2) is 6.20 Å². The number of hydrogen-bond donors (Lipinski definition) is 2. The Morgan fingerprint density at radius 1 is 1.47 bits per heavy atom.